The number of nitrogens with zero attached hydrogens (tertiary/aromatic N) is 1. The van der Waals surface area contributed by atoms with Crippen LogP contribution in [-0.4, -0.2) is 48.1 Å². The van der Waals surface area contributed by atoms with Gasteiger partial charge in [0.25, 0.3) is 0 Å². The summed E-state index contributed by atoms with van der Waals surface area (Å²) in [7, 11) is 0. The minimum Gasteiger partial charge on any atom is -0.316 e. The molecule has 92 valence electrons. The van der Waals surface area contributed by atoms with Gasteiger partial charge in [-0.05, 0) is 55.7 Å². The van der Waals surface area contributed by atoms with E-state index in [0.29, 0.717) is 0 Å². The van der Waals surface area contributed by atoms with Crippen molar-refractivity contribution < 1.29 is 0 Å². The molecule has 1 N–H and O–H groups in total. The van der Waals surface area contributed by atoms with Gasteiger partial charge in [-0.15, -0.1) is 0 Å². The van der Waals surface area contributed by atoms with Gasteiger partial charge >= 0.3 is 0 Å². The van der Waals surface area contributed by atoms with Crippen LogP contribution in [0.3, 0.4) is 0 Å². The van der Waals surface area contributed by atoms with Crippen LogP contribution in [0.4, 0.5) is 0 Å². The summed E-state index contributed by atoms with van der Waals surface area (Å²) in [6.07, 6.45) is 4.23. The first-order chi connectivity index (χ1) is 7.90. The Labute approximate surface area is 104 Å². The standard InChI is InChI=1S/C13H24N2S/c1-2-13-12-8-14-7-10(12)9-15(13)11-3-5-16-6-4-11/h10-14H,2-9H2,1H3. The molecule has 0 amide bonds. The second kappa shape index (κ2) is 4.87. The molecule has 3 fully saturated rings. The van der Waals surface area contributed by atoms with Crippen molar-refractivity contribution >= 4 is 11.8 Å². The van der Waals surface area contributed by atoms with Gasteiger partial charge in [-0.25, -0.2) is 0 Å². The molecular weight excluding hydrogens is 216 g/mol. The van der Waals surface area contributed by atoms with Gasteiger partial charge in [0.15, 0.2) is 0 Å². The number of hydrogen-bond donors (Lipinski definition) is 1. The zero-order valence-corrected chi connectivity index (χ0v) is 11.1. The SMILES string of the molecule is CCC1C2CNCC2CN1C1CCSCC1. The monoisotopic (exact) mass is 240 g/mol. The van der Waals surface area contributed by atoms with Crippen LogP contribution >= 0.6 is 11.8 Å². The summed E-state index contributed by atoms with van der Waals surface area (Å²) in [5.74, 6) is 4.70. The van der Waals surface area contributed by atoms with E-state index in [0.717, 1.165) is 23.9 Å². The zero-order valence-electron chi connectivity index (χ0n) is 10.3. The maximum Gasteiger partial charge on any atom is 0.0140 e. The van der Waals surface area contributed by atoms with Gasteiger partial charge in [-0.1, -0.05) is 6.92 Å². The molecule has 3 rings (SSSR count). The fraction of sp³-hybridized carbons (Fsp3) is 1.00. The molecule has 0 bridgehead atoms. The Morgan fingerprint density at radius 2 is 2.06 bits per heavy atom. The molecule has 0 aromatic heterocycles. The maximum absolute atomic E-state index is 3.58. The number of hydrogen-bond acceptors (Lipinski definition) is 3. The first-order valence-corrected chi connectivity index (χ1v) is 8.10. The quantitative estimate of drug-likeness (QED) is 0.792. The van der Waals surface area contributed by atoms with Gasteiger partial charge in [0.2, 0.25) is 0 Å². The number of likely N-dealkylation sites (tertiary alicyclic amines) is 1. The molecular formula is C13H24N2S. The number of nitrogens with one attached hydrogen (secondary N) is 1. The second-order valence-corrected chi connectivity index (χ2v) is 6.82. The molecule has 0 aromatic carbocycles. The lowest BCUT2D eigenvalue weighted by Gasteiger charge is -2.36. The van der Waals surface area contributed by atoms with Gasteiger partial charge in [0.1, 0.15) is 0 Å². The normalized spacial score (nSPS) is 41.4. The van der Waals surface area contributed by atoms with Crippen LogP contribution in [0.5, 0.6) is 0 Å². The third kappa shape index (κ3) is 1.91. The van der Waals surface area contributed by atoms with Crippen molar-refractivity contribution in [2.75, 3.05) is 31.1 Å². The molecule has 0 aliphatic carbocycles. The van der Waals surface area contributed by atoms with Crippen LogP contribution in [0.2, 0.25) is 0 Å². The molecule has 0 spiro atoms. The molecule has 2 nitrogen and oxygen atoms in total. The van der Waals surface area contributed by atoms with E-state index in [1.54, 1.807) is 0 Å². The number of fused-ring (bicyclic) bond motifs is 1. The maximum atomic E-state index is 3.58. The zero-order chi connectivity index (χ0) is 11.0. The average molecular weight is 240 g/mol. The summed E-state index contributed by atoms with van der Waals surface area (Å²) >= 11 is 2.15. The van der Waals surface area contributed by atoms with Crippen LogP contribution in [0.1, 0.15) is 26.2 Å². The van der Waals surface area contributed by atoms with Gasteiger partial charge < -0.3 is 5.32 Å². The Kier molecular flexibility index (Phi) is 3.46. The fourth-order valence-electron chi connectivity index (χ4n) is 4.03. The summed E-state index contributed by atoms with van der Waals surface area (Å²) in [5.41, 5.74) is 0. The molecule has 0 saturated carbocycles. The Hall–Kier alpha value is 0.270. The van der Waals surface area contributed by atoms with E-state index in [9.17, 15) is 0 Å². The largest absolute Gasteiger partial charge is 0.316 e. The molecule has 3 heteroatoms. The van der Waals surface area contributed by atoms with Crippen molar-refractivity contribution in [2.45, 2.75) is 38.3 Å². The van der Waals surface area contributed by atoms with E-state index in [4.69, 9.17) is 0 Å². The third-order valence-electron chi connectivity index (χ3n) is 4.84. The number of rotatable bonds is 2. The van der Waals surface area contributed by atoms with Crippen molar-refractivity contribution in [1.82, 2.24) is 10.2 Å². The fourth-order valence-corrected chi connectivity index (χ4v) is 5.11. The van der Waals surface area contributed by atoms with E-state index in [1.807, 2.05) is 0 Å². The predicted molar refractivity (Wildman–Crippen MR) is 71.0 cm³/mol. The lowest BCUT2D eigenvalue weighted by atomic mass is 9.92. The van der Waals surface area contributed by atoms with Gasteiger partial charge in [0, 0.05) is 18.6 Å². The van der Waals surface area contributed by atoms with Gasteiger partial charge in [-0.3, -0.25) is 4.90 Å². The molecule has 3 heterocycles. The third-order valence-corrected chi connectivity index (χ3v) is 5.88. The summed E-state index contributed by atoms with van der Waals surface area (Å²) in [6.45, 7) is 6.32. The second-order valence-electron chi connectivity index (χ2n) is 5.60. The van der Waals surface area contributed by atoms with Crippen molar-refractivity contribution in [3.63, 3.8) is 0 Å². The predicted octanol–water partition coefficient (Wildman–Crippen LogP) is 1.81. The molecule has 3 aliphatic heterocycles. The van der Waals surface area contributed by atoms with Crippen LogP contribution in [0, 0.1) is 11.8 Å². The van der Waals surface area contributed by atoms with E-state index in [2.05, 4.69) is 28.9 Å². The van der Waals surface area contributed by atoms with Gasteiger partial charge in [0.05, 0.1) is 0 Å². The van der Waals surface area contributed by atoms with Crippen LogP contribution in [0.25, 0.3) is 0 Å². The molecule has 0 radical (unpaired) electrons. The molecule has 3 aliphatic rings. The first-order valence-electron chi connectivity index (χ1n) is 6.94. The summed E-state index contributed by atoms with van der Waals surface area (Å²) in [5, 5.41) is 3.58. The van der Waals surface area contributed by atoms with Crippen molar-refractivity contribution in [1.29, 1.82) is 0 Å². The Bertz CT molecular complexity index is 240. The topological polar surface area (TPSA) is 15.3 Å². The van der Waals surface area contributed by atoms with E-state index < -0.39 is 0 Å². The van der Waals surface area contributed by atoms with Crippen LogP contribution < -0.4 is 5.32 Å². The number of thioether (sulfide) groups is 1. The highest BCUT2D eigenvalue weighted by molar-refractivity contribution is 7.99. The highest BCUT2D eigenvalue weighted by atomic mass is 32.2. The van der Waals surface area contributed by atoms with Crippen LogP contribution in [0.15, 0.2) is 0 Å². The lowest BCUT2D eigenvalue weighted by Crippen LogP contribution is -2.44. The minimum atomic E-state index is 0.882. The highest BCUT2D eigenvalue weighted by Gasteiger charge is 2.45. The molecule has 3 saturated heterocycles. The summed E-state index contributed by atoms with van der Waals surface area (Å²) in [6, 6.07) is 1.80. The lowest BCUT2D eigenvalue weighted by molar-refractivity contribution is 0.146. The van der Waals surface area contributed by atoms with Crippen molar-refractivity contribution in [2.24, 2.45) is 11.8 Å². The smallest absolute Gasteiger partial charge is 0.0140 e. The molecule has 3 atom stereocenters. The summed E-state index contributed by atoms with van der Waals surface area (Å²) in [4.78, 5) is 2.88. The minimum absolute atomic E-state index is 0.882. The average Bonchev–Trinajstić information content (AvgIpc) is 2.89. The molecule has 0 aromatic rings. The molecule has 16 heavy (non-hydrogen) atoms. The Balaban J connectivity index is 1.70. The highest BCUT2D eigenvalue weighted by Crippen LogP contribution is 2.38. The van der Waals surface area contributed by atoms with E-state index >= 15 is 0 Å². The summed E-state index contributed by atoms with van der Waals surface area (Å²) < 4.78 is 0. The molecule has 3 unspecified atom stereocenters. The van der Waals surface area contributed by atoms with Crippen molar-refractivity contribution in [3.8, 4) is 0 Å². The Morgan fingerprint density at radius 1 is 1.25 bits per heavy atom. The van der Waals surface area contributed by atoms with Crippen LogP contribution in [-0.2, 0) is 0 Å². The van der Waals surface area contributed by atoms with E-state index in [-0.39, 0.29) is 0 Å². The van der Waals surface area contributed by atoms with Crippen molar-refractivity contribution in [3.05, 3.63) is 0 Å². The first kappa shape index (κ1) is 11.4. The van der Waals surface area contributed by atoms with E-state index in [1.165, 1.54) is 50.4 Å². The van der Waals surface area contributed by atoms with Gasteiger partial charge in [-0.2, -0.15) is 11.8 Å². The Morgan fingerprint density at radius 3 is 2.81 bits per heavy atom.